The number of nitrogens with zero attached hydrogens (tertiary/aromatic N) is 2. The van der Waals surface area contributed by atoms with Gasteiger partial charge in [0.05, 0.1) is 49.4 Å². The number of pyridine rings is 2. The van der Waals surface area contributed by atoms with Crippen molar-refractivity contribution in [2.75, 3.05) is 13.7 Å². The van der Waals surface area contributed by atoms with E-state index in [1.807, 2.05) is 50.3 Å². The van der Waals surface area contributed by atoms with Crippen LogP contribution in [0.15, 0.2) is 47.3 Å². The van der Waals surface area contributed by atoms with Crippen LogP contribution in [0.2, 0.25) is 0 Å². The zero-order valence-electron chi connectivity index (χ0n) is 21.2. The molecular weight excluding hydrogens is 476 g/mol. The molecule has 0 spiro atoms. The van der Waals surface area contributed by atoms with Crippen LogP contribution < -0.4 is 5.56 Å². The van der Waals surface area contributed by atoms with E-state index in [0.29, 0.717) is 24.1 Å². The molecule has 0 bridgehead atoms. The summed E-state index contributed by atoms with van der Waals surface area (Å²) < 4.78 is 18.6. The van der Waals surface area contributed by atoms with Crippen LogP contribution in [0.4, 0.5) is 0 Å². The first-order valence-corrected chi connectivity index (χ1v) is 12.4. The third kappa shape index (κ3) is 5.14. The zero-order chi connectivity index (χ0) is 26.5. The molecule has 1 aromatic carbocycles. The number of para-hydroxylation sites is 1. The number of aromatic nitrogens is 2. The van der Waals surface area contributed by atoms with Gasteiger partial charge in [0.25, 0.3) is 5.56 Å². The number of carbonyl (C=O) groups is 1. The number of ether oxygens (including phenoxy) is 3. The number of aliphatic hydroxyl groups is 2. The van der Waals surface area contributed by atoms with Gasteiger partial charge in [-0.15, -0.1) is 0 Å². The molecule has 3 aromatic rings. The third-order valence-electron chi connectivity index (χ3n) is 6.46. The molecule has 3 atom stereocenters. The third-order valence-corrected chi connectivity index (χ3v) is 6.46. The molecule has 2 aliphatic heterocycles. The van der Waals surface area contributed by atoms with Gasteiger partial charge in [0.15, 0.2) is 12.6 Å². The fourth-order valence-corrected chi connectivity index (χ4v) is 4.72. The van der Waals surface area contributed by atoms with Crippen molar-refractivity contribution in [3.8, 4) is 11.4 Å². The van der Waals surface area contributed by atoms with E-state index in [2.05, 4.69) is 0 Å². The summed E-state index contributed by atoms with van der Waals surface area (Å²) in [6.45, 7) is 4.36. The average molecular weight is 509 g/mol. The predicted octanol–water partition coefficient (Wildman–Crippen LogP) is 3.01. The molecule has 0 radical (unpaired) electrons. The van der Waals surface area contributed by atoms with Crippen LogP contribution in [0.3, 0.4) is 0 Å². The Bertz CT molecular complexity index is 1360. The van der Waals surface area contributed by atoms with Crippen LogP contribution >= 0.6 is 0 Å². The Kier molecular flexibility index (Phi) is 8.63. The number of methoxy groups -OCH3 is 1. The number of fused-ring (bicyclic) bond motifs is 4. The number of carbonyl (C=O) groups excluding carboxylic acids is 1. The highest BCUT2D eigenvalue weighted by Gasteiger charge is 2.30. The molecule has 0 fully saturated rings. The van der Waals surface area contributed by atoms with Crippen molar-refractivity contribution in [1.29, 1.82) is 0 Å². The van der Waals surface area contributed by atoms with Crippen LogP contribution in [0.5, 0.6) is 0 Å². The highest BCUT2D eigenvalue weighted by molar-refractivity contribution is 5.88. The molecule has 3 unspecified atom stereocenters. The lowest BCUT2D eigenvalue weighted by molar-refractivity contribution is -0.162. The van der Waals surface area contributed by atoms with Gasteiger partial charge < -0.3 is 33.8 Å². The van der Waals surface area contributed by atoms with E-state index >= 15 is 0 Å². The summed E-state index contributed by atoms with van der Waals surface area (Å²) in [7, 11) is 1.45. The van der Waals surface area contributed by atoms with Crippen molar-refractivity contribution in [2.45, 2.75) is 58.5 Å². The first kappa shape index (κ1) is 26.8. The normalized spacial score (nSPS) is 18.6. The summed E-state index contributed by atoms with van der Waals surface area (Å²) in [6, 6.07) is 9.29. The molecule has 5 rings (SSSR count). The molecule has 4 heterocycles. The van der Waals surface area contributed by atoms with E-state index in [1.54, 1.807) is 10.6 Å². The molecule has 9 nitrogen and oxygen atoms in total. The predicted molar refractivity (Wildman–Crippen MR) is 138 cm³/mol. The van der Waals surface area contributed by atoms with Gasteiger partial charge in [-0.2, -0.15) is 0 Å². The molecule has 2 aliphatic rings. The van der Waals surface area contributed by atoms with E-state index in [4.69, 9.17) is 19.2 Å². The lowest BCUT2D eigenvalue weighted by Gasteiger charge is -2.25. The summed E-state index contributed by atoms with van der Waals surface area (Å²) in [6.07, 6.45) is 2.41. The van der Waals surface area contributed by atoms with Gasteiger partial charge >= 0.3 is 0 Å². The van der Waals surface area contributed by atoms with E-state index in [9.17, 15) is 19.8 Å². The lowest BCUT2D eigenvalue weighted by Crippen LogP contribution is -2.28. The highest BCUT2D eigenvalue weighted by Crippen LogP contribution is 2.37. The maximum atomic E-state index is 13.4. The molecule has 0 saturated heterocycles. The van der Waals surface area contributed by atoms with Gasteiger partial charge in [-0.3, -0.25) is 4.79 Å². The standard InChI is InChI=1S/C26H26N2O7.C2H6/c1-33-13-20-17(23(31)12-30)9-22-25-18(10-28(22)26(20)32)19(16-6-2-3-7-21(16)27-25)14-34-24-8-4-5-15(11-29)35-24;1-2/h2-4,6-9,12,15,23-24,29,31H,5,10-11,13-14H2,1H3;1-2H3. The van der Waals surface area contributed by atoms with Crippen LogP contribution in [0.1, 0.15) is 48.6 Å². The van der Waals surface area contributed by atoms with Crippen molar-refractivity contribution in [2.24, 2.45) is 0 Å². The smallest absolute Gasteiger partial charge is 0.257 e. The Morgan fingerprint density at radius 3 is 2.76 bits per heavy atom. The first-order chi connectivity index (χ1) is 18.0. The Morgan fingerprint density at radius 1 is 1.24 bits per heavy atom. The van der Waals surface area contributed by atoms with Gasteiger partial charge in [-0.25, -0.2) is 4.98 Å². The molecule has 0 amide bonds. The minimum absolute atomic E-state index is 0.0293. The summed E-state index contributed by atoms with van der Waals surface area (Å²) in [5, 5.41) is 20.6. The van der Waals surface area contributed by atoms with Crippen LogP contribution in [0.25, 0.3) is 22.3 Å². The van der Waals surface area contributed by atoms with Gasteiger partial charge in [0.2, 0.25) is 0 Å². The largest absolute Gasteiger partial charge is 0.394 e. The van der Waals surface area contributed by atoms with E-state index in [0.717, 1.165) is 22.0 Å². The van der Waals surface area contributed by atoms with Gasteiger partial charge in [-0.05, 0) is 30.2 Å². The van der Waals surface area contributed by atoms with E-state index in [-0.39, 0.29) is 49.2 Å². The summed E-state index contributed by atoms with van der Waals surface area (Å²) >= 11 is 0. The van der Waals surface area contributed by atoms with E-state index in [1.165, 1.54) is 7.11 Å². The first-order valence-electron chi connectivity index (χ1n) is 12.4. The molecule has 9 heteroatoms. The van der Waals surface area contributed by atoms with Gasteiger partial charge in [-0.1, -0.05) is 38.1 Å². The average Bonchev–Trinajstić information content (AvgIpc) is 3.31. The van der Waals surface area contributed by atoms with E-state index < -0.39 is 12.4 Å². The van der Waals surface area contributed by atoms with Crippen LogP contribution in [0, 0.1) is 0 Å². The summed E-state index contributed by atoms with van der Waals surface area (Å²) in [5.41, 5.74) is 3.70. The maximum absolute atomic E-state index is 13.4. The fourth-order valence-electron chi connectivity index (χ4n) is 4.72. The number of hydrogen-bond acceptors (Lipinski definition) is 8. The minimum atomic E-state index is -1.44. The Balaban J connectivity index is 0.00000156. The molecular formula is C28H32N2O7. The minimum Gasteiger partial charge on any atom is -0.394 e. The molecule has 0 saturated carbocycles. The van der Waals surface area contributed by atoms with Crippen molar-refractivity contribution in [1.82, 2.24) is 9.55 Å². The summed E-state index contributed by atoms with van der Waals surface area (Å²) in [5.74, 6) is 0. The quantitative estimate of drug-likeness (QED) is 0.275. The van der Waals surface area contributed by atoms with Crippen LogP contribution in [-0.2, 0) is 38.8 Å². The SMILES string of the molecule is CC.COCc1c(C(O)C=O)cc2n(c1=O)Cc1c-2nc2ccccc2c1COC1C=CCC(CO)O1. The lowest BCUT2D eigenvalue weighted by atomic mass is 10.00. The topological polar surface area (TPSA) is 120 Å². The monoisotopic (exact) mass is 508 g/mol. The zero-order valence-corrected chi connectivity index (χ0v) is 21.2. The van der Waals surface area contributed by atoms with Crippen molar-refractivity contribution in [3.63, 3.8) is 0 Å². The maximum Gasteiger partial charge on any atom is 0.257 e. The van der Waals surface area contributed by atoms with Gasteiger partial charge in [0, 0.05) is 29.2 Å². The highest BCUT2D eigenvalue weighted by atomic mass is 16.7. The number of rotatable bonds is 8. The molecule has 2 aromatic heterocycles. The molecule has 2 N–H and O–H groups in total. The van der Waals surface area contributed by atoms with Crippen molar-refractivity contribution >= 4 is 17.2 Å². The summed E-state index contributed by atoms with van der Waals surface area (Å²) in [4.78, 5) is 29.6. The number of aliphatic hydroxyl groups excluding tert-OH is 2. The molecule has 0 aliphatic carbocycles. The Morgan fingerprint density at radius 2 is 2.03 bits per heavy atom. The number of benzene rings is 1. The Labute approximate surface area is 214 Å². The van der Waals surface area contributed by atoms with Crippen molar-refractivity contribution < 1.29 is 29.2 Å². The van der Waals surface area contributed by atoms with Crippen molar-refractivity contribution in [3.05, 3.63) is 75.1 Å². The van der Waals surface area contributed by atoms with Crippen LogP contribution in [-0.4, -0.2) is 52.2 Å². The van der Waals surface area contributed by atoms with Gasteiger partial charge in [0.1, 0.15) is 6.10 Å². The Hall–Kier alpha value is -3.21. The second kappa shape index (κ2) is 11.9. The molecule has 37 heavy (non-hydrogen) atoms. The number of aldehydes is 1. The number of hydrogen-bond donors (Lipinski definition) is 2. The fraction of sp³-hybridized carbons (Fsp3) is 0.393. The molecule has 196 valence electrons. The second-order valence-corrected chi connectivity index (χ2v) is 8.59. The second-order valence-electron chi connectivity index (χ2n) is 8.59.